The molecule has 1 N–H and O–H groups in total. The molecule has 4 nitrogen and oxygen atoms in total. The fourth-order valence-corrected chi connectivity index (χ4v) is 1.82. The smallest absolute Gasteiger partial charge is 0.137 e. The monoisotopic (exact) mass is 290 g/mol. The molecule has 0 aliphatic rings. The van der Waals surface area contributed by atoms with Gasteiger partial charge in [-0.1, -0.05) is 38.4 Å². The summed E-state index contributed by atoms with van der Waals surface area (Å²) in [7, 11) is 0. The number of aryl methyl sites for hydroxylation is 1. The molecule has 0 aliphatic carbocycles. The molecule has 2 rings (SSSR count). The molecule has 0 radical (unpaired) electrons. The number of hydrogen-bond donors (Lipinski definition) is 1. The van der Waals surface area contributed by atoms with Crippen molar-refractivity contribution in [2.75, 3.05) is 5.32 Å². The Labute approximate surface area is 124 Å². The van der Waals surface area contributed by atoms with Crippen LogP contribution >= 0.6 is 11.6 Å². The summed E-state index contributed by atoms with van der Waals surface area (Å²) < 4.78 is 0. The van der Waals surface area contributed by atoms with Crippen molar-refractivity contribution < 1.29 is 0 Å². The lowest BCUT2D eigenvalue weighted by molar-refractivity contribution is 0.546. The average molecular weight is 291 g/mol. The molecule has 0 fully saturated rings. The van der Waals surface area contributed by atoms with Gasteiger partial charge in [-0.3, -0.25) is 4.98 Å². The van der Waals surface area contributed by atoms with Gasteiger partial charge in [-0.2, -0.15) is 0 Å². The van der Waals surface area contributed by atoms with E-state index in [4.69, 9.17) is 11.6 Å². The van der Waals surface area contributed by atoms with E-state index in [0.29, 0.717) is 11.7 Å². The van der Waals surface area contributed by atoms with Gasteiger partial charge in [-0.25, -0.2) is 9.97 Å². The van der Waals surface area contributed by atoms with E-state index < -0.39 is 0 Å². The van der Waals surface area contributed by atoms with E-state index in [9.17, 15) is 0 Å². The second-order valence-electron chi connectivity index (χ2n) is 5.81. The molecule has 0 bridgehead atoms. The first-order valence-corrected chi connectivity index (χ1v) is 6.93. The van der Waals surface area contributed by atoms with Gasteiger partial charge in [-0.05, 0) is 18.6 Å². The van der Waals surface area contributed by atoms with Crippen molar-refractivity contribution in [1.29, 1.82) is 0 Å². The Morgan fingerprint density at radius 2 is 1.95 bits per heavy atom. The second kappa shape index (κ2) is 5.75. The number of nitrogens with zero attached hydrogens (tertiary/aromatic N) is 3. The maximum absolute atomic E-state index is 6.06. The molecule has 5 heteroatoms. The van der Waals surface area contributed by atoms with Crippen molar-refractivity contribution in [3.63, 3.8) is 0 Å². The van der Waals surface area contributed by atoms with Gasteiger partial charge in [0.05, 0.1) is 0 Å². The van der Waals surface area contributed by atoms with Gasteiger partial charge < -0.3 is 5.32 Å². The molecule has 106 valence electrons. The summed E-state index contributed by atoms with van der Waals surface area (Å²) >= 11 is 6.06. The van der Waals surface area contributed by atoms with Crippen LogP contribution in [0.3, 0.4) is 0 Å². The van der Waals surface area contributed by atoms with Gasteiger partial charge in [0.15, 0.2) is 0 Å². The Kier molecular flexibility index (Phi) is 4.23. The summed E-state index contributed by atoms with van der Waals surface area (Å²) in [4.78, 5) is 13.1. The van der Waals surface area contributed by atoms with E-state index in [2.05, 4.69) is 41.0 Å². The van der Waals surface area contributed by atoms with Gasteiger partial charge in [0.2, 0.25) is 0 Å². The molecule has 0 saturated carbocycles. The molecule has 20 heavy (non-hydrogen) atoms. The lowest BCUT2D eigenvalue weighted by Crippen LogP contribution is -2.17. The van der Waals surface area contributed by atoms with Crippen molar-refractivity contribution in [2.45, 2.75) is 39.7 Å². The largest absolute Gasteiger partial charge is 0.366 e. The highest BCUT2D eigenvalue weighted by molar-refractivity contribution is 6.29. The van der Waals surface area contributed by atoms with Crippen LogP contribution in [0.15, 0.2) is 24.4 Å². The van der Waals surface area contributed by atoms with E-state index >= 15 is 0 Å². The summed E-state index contributed by atoms with van der Waals surface area (Å²) in [5.74, 6) is 1.46. The first-order valence-electron chi connectivity index (χ1n) is 6.55. The Hall–Kier alpha value is -1.68. The predicted octanol–water partition coefficient (Wildman–Crippen LogP) is 3.74. The lowest BCUT2D eigenvalue weighted by atomic mass is 9.96. The molecule has 0 unspecified atom stereocenters. The number of anilines is 1. The molecule has 0 saturated heterocycles. The second-order valence-corrected chi connectivity index (χ2v) is 6.20. The van der Waals surface area contributed by atoms with E-state index in [1.165, 1.54) is 0 Å². The van der Waals surface area contributed by atoms with Gasteiger partial charge in [0.25, 0.3) is 0 Å². The number of halogens is 1. The normalized spacial score (nSPS) is 11.4. The van der Waals surface area contributed by atoms with Crippen LogP contribution in [0, 0.1) is 6.92 Å². The SMILES string of the molecule is Cc1ccc(CNc2cc(Cl)nc(C(C)(C)C)n2)cn1. The number of hydrogen-bond acceptors (Lipinski definition) is 4. The summed E-state index contributed by atoms with van der Waals surface area (Å²) in [5, 5.41) is 3.71. The fraction of sp³-hybridized carbons (Fsp3) is 0.400. The molecular weight excluding hydrogens is 272 g/mol. The van der Waals surface area contributed by atoms with E-state index in [-0.39, 0.29) is 5.41 Å². The minimum absolute atomic E-state index is 0.132. The summed E-state index contributed by atoms with van der Waals surface area (Å²) in [6.07, 6.45) is 1.86. The van der Waals surface area contributed by atoms with Crippen molar-refractivity contribution in [3.8, 4) is 0 Å². The molecule has 2 aromatic heterocycles. The van der Waals surface area contributed by atoms with Crippen LogP contribution in [-0.4, -0.2) is 15.0 Å². The Bertz CT molecular complexity index is 588. The van der Waals surface area contributed by atoms with Crippen LogP contribution in [-0.2, 0) is 12.0 Å². The molecule has 0 atom stereocenters. The first-order chi connectivity index (χ1) is 9.34. The number of rotatable bonds is 3. The molecular formula is C15H19ClN4. The van der Waals surface area contributed by atoms with Gasteiger partial charge in [-0.15, -0.1) is 0 Å². The zero-order valence-electron chi connectivity index (χ0n) is 12.2. The van der Waals surface area contributed by atoms with Crippen LogP contribution in [0.25, 0.3) is 0 Å². The highest BCUT2D eigenvalue weighted by atomic mass is 35.5. The van der Waals surface area contributed by atoms with Crippen LogP contribution in [0.1, 0.15) is 37.9 Å². The zero-order chi connectivity index (χ0) is 14.8. The Morgan fingerprint density at radius 3 is 2.55 bits per heavy atom. The third-order valence-corrected chi connectivity index (χ3v) is 3.01. The molecule has 0 aliphatic heterocycles. The average Bonchev–Trinajstić information content (AvgIpc) is 2.36. The number of pyridine rings is 1. The lowest BCUT2D eigenvalue weighted by Gasteiger charge is -2.17. The number of aromatic nitrogens is 3. The zero-order valence-corrected chi connectivity index (χ0v) is 13.0. The Balaban J connectivity index is 2.13. The molecule has 0 spiro atoms. The minimum Gasteiger partial charge on any atom is -0.366 e. The standard InChI is InChI=1S/C15H19ClN4/c1-10-5-6-11(8-17-10)9-18-13-7-12(16)19-14(20-13)15(2,3)4/h5-8H,9H2,1-4H3,(H,18,19,20). The summed E-state index contributed by atoms with van der Waals surface area (Å²) in [5.41, 5.74) is 1.98. The minimum atomic E-state index is -0.132. The summed E-state index contributed by atoms with van der Waals surface area (Å²) in [6.45, 7) is 8.81. The van der Waals surface area contributed by atoms with Crippen LogP contribution in [0.4, 0.5) is 5.82 Å². The third-order valence-electron chi connectivity index (χ3n) is 2.81. The third kappa shape index (κ3) is 3.90. The van der Waals surface area contributed by atoms with Crippen LogP contribution in [0.2, 0.25) is 5.15 Å². The van der Waals surface area contributed by atoms with E-state index in [1.807, 2.05) is 25.3 Å². The van der Waals surface area contributed by atoms with E-state index in [0.717, 1.165) is 22.9 Å². The van der Waals surface area contributed by atoms with Gasteiger partial charge >= 0.3 is 0 Å². The predicted molar refractivity (Wildman–Crippen MR) is 82.0 cm³/mol. The first kappa shape index (κ1) is 14.7. The topological polar surface area (TPSA) is 50.7 Å². The van der Waals surface area contributed by atoms with Crippen molar-refractivity contribution >= 4 is 17.4 Å². The molecule has 2 aromatic rings. The van der Waals surface area contributed by atoms with Crippen LogP contribution < -0.4 is 5.32 Å². The van der Waals surface area contributed by atoms with E-state index in [1.54, 1.807) is 6.07 Å². The highest BCUT2D eigenvalue weighted by Crippen LogP contribution is 2.22. The van der Waals surface area contributed by atoms with Crippen LogP contribution in [0.5, 0.6) is 0 Å². The highest BCUT2D eigenvalue weighted by Gasteiger charge is 2.18. The van der Waals surface area contributed by atoms with Crippen molar-refractivity contribution in [2.24, 2.45) is 0 Å². The fourth-order valence-electron chi connectivity index (χ4n) is 1.64. The van der Waals surface area contributed by atoms with Crippen molar-refractivity contribution in [3.05, 3.63) is 46.6 Å². The molecule has 0 aromatic carbocycles. The number of nitrogens with one attached hydrogen (secondary N) is 1. The Morgan fingerprint density at radius 1 is 1.20 bits per heavy atom. The van der Waals surface area contributed by atoms with Gasteiger partial charge in [0, 0.05) is 29.9 Å². The maximum atomic E-state index is 6.06. The van der Waals surface area contributed by atoms with Gasteiger partial charge in [0.1, 0.15) is 16.8 Å². The maximum Gasteiger partial charge on any atom is 0.137 e. The van der Waals surface area contributed by atoms with Crippen molar-refractivity contribution in [1.82, 2.24) is 15.0 Å². The molecule has 0 amide bonds. The quantitative estimate of drug-likeness (QED) is 0.875. The summed E-state index contributed by atoms with van der Waals surface area (Å²) in [6, 6.07) is 5.77. The molecule has 2 heterocycles.